The third kappa shape index (κ3) is 1.48. The van der Waals surface area contributed by atoms with Crippen LogP contribution >= 0.6 is 15.9 Å². The second-order valence-corrected chi connectivity index (χ2v) is 4.56. The first-order chi connectivity index (χ1) is 5.42. The van der Waals surface area contributed by atoms with E-state index >= 15 is 0 Å². The van der Waals surface area contributed by atoms with Crippen LogP contribution in [0.15, 0.2) is 0 Å². The average Bonchev–Trinajstić information content (AvgIpc) is 2.53. The molecule has 1 heterocycles. The number of halogens is 1. The van der Waals surface area contributed by atoms with E-state index in [1.165, 1.54) is 38.8 Å². The van der Waals surface area contributed by atoms with E-state index in [1.54, 1.807) is 0 Å². The molecule has 0 aromatic rings. The molecule has 0 N–H and O–H groups in total. The molecule has 0 aromatic heterocycles. The maximum atomic E-state index is 3.51. The number of rotatable bonds is 2. The summed E-state index contributed by atoms with van der Waals surface area (Å²) in [5.41, 5.74) is 0. The van der Waals surface area contributed by atoms with Crippen molar-refractivity contribution in [1.29, 1.82) is 0 Å². The lowest BCUT2D eigenvalue weighted by atomic mass is 10.1. The Bertz CT molecular complexity index is 136. The standard InChI is InChI=1S/C9H16BrN/c10-5-7-11-6-4-8-2-1-3-9(8)11/h8-9H,1-7H2. The van der Waals surface area contributed by atoms with E-state index < -0.39 is 0 Å². The third-order valence-corrected chi connectivity index (χ3v) is 3.60. The molecule has 0 amide bonds. The van der Waals surface area contributed by atoms with E-state index in [9.17, 15) is 0 Å². The Labute approximate surface area is 77.3 Å². The van der Waals surface area contributed by atoms with Crippen LogP contribution in [0.3, 0.4) is 0 Å². The number of fused-ring (bicyclic) bond motifs is 1. The molecule has 2 fully saturated rings. The molecule has 2 heteroatoms. The largest absolute Gasteiger partial charge is 0.299 e. The molecule has 1 saturated carbocycles. The van der Waals surface area contributed by atoms with Crippen molar-refractivity contribution in [3.05, 3.63) is 0 Å². The van der Waals surface area contributed by atoms with Crippen LogP contribution in [-0.4, -0.2) is 29.4 Å². The Morgan fingerprint density at radius 1 is 1.27 bits per heavy atom. The van der Waals surface area contributed by atoms with Crippen LogP contribution in [0.1, 0.15) is 25.7 Å². The van der Waals surface area contributed by atoms with Gasteiger partial charge in [0.05, 0.1) is 0 Å². The highest BCUT2D eigenvalue weighted by atomic mass is 79.9. The van der Waals surface area contributed by atoms with Gasteiger partial charge in [0.2, 0.25) is 0 Å². The second kappa shape index (κ2) is 3.44. The number of nitrogens with zero attached hydrogens (tertiary/aromatic N) is 1. The molecule has 64 valence electrons. The molecule has 1 aliphatic carbocycles. The smallest absolute Gasteiger partial charge is 0.0159 e. The van der Waals surface area contributed by atoms with Gasteiger partial charge in [-0.3, -0.25) is 4.90 Å². The molecule has 0 bridgehead atoms. The Balaban J connectivity index is 1.92. The van der Waals surface area contributed by atoms with Crippen molar-refractivity contribution in [1.82, 2.24) is 4.90 Å². The molecule has 0 radical (unpaired) electrons. The maximum Gasteiger partial charge on any atom is 0.0159 e. The SMILES string of the molecule is BrCCN1CCC2CCCC21. The van der Waals surface area contributed by atoms with Crippen molar-refractivity contribution in [3.63, 3.8) is 0 Å². The molecule has 0 spiro atoms. The summed E-state index contributed by atoms with van der Waals surface area (Å²) >= 11 is 3.51. The summed E-state index contributed by atoms with van der Waals surface area (Å²) < 4.78 is 0. The van der Waals surface area contributed by atoms with Gasteiger partial charge < -0.3 is 0 Å². The van der Waals surface area contributed by atoms with Gasteiger partial charge in [0.25, 0.3) is 0 Å². The van der Waals surface area contributed by atoms with Crippen LogP contribution in [0.25, 0.3) is 0 Å². The summed E-state index contributed by atoms with van der Waals surface area (Å²) in [6, 6.07) is 0.965. The highest BCUT2D eigenvalue weighted by Crippen LogP contribution is 2.37. The first-order valence-electron chi connectivity index (χ1n) is 4.72. The van der Waals surface area contributed by atoms with Crippen LogP contribution in [-0.2, 0) is 0 Å². The second-order valence-electron chi connectivity index (χ2n) is 3.77. The molecule has 2 rings (SSSR count). The predicted molar refractivity (Wildman–Crippen MR) is 51.1 cm³/mol. The van der Waals surface area contributed by atoms with Crippen molar-refractivity contribution >= 4 is 15.9 Å². The van der Waals surface area contributed by atoms with Crippen LogP contribution in [0.5, 0.6) is 0 Å². The van der Waals surface area contributed by atoms with Gasteiger partial charge in [-0.2, -0.15) is 0 Å². The molecule has 11 heavy (non-hydrogen) atoms. The minimum atomic E-state index is 0.965. The average molecular weight is 218 g/mol. The van der Waals surface area contributed by atoms with Gasteiger partial charge in [-0.25, -0.2) is 0 Å². The summed E-state index contributed by atoms with van der Waals surface area (Å²) in [6.07, 6.45) is 5.92. The van der Waals surface area contributed by atoms with Gasteiger partial charge in [0.1, 0.15) is 0 Å². The first kappa shape index (κ1) is 8.06. The normalized spacial score (nSPS) is 37.9. The predicted octanol–water partition coefficient (Wildman–Crippen LogP) is 2.26. The molecule has 2 aliphatic rings. The van der Waals surface area contributed by atoms with Gasteiger partial charge >= 0.3 is 0 Å². The number of alkyl halides is 1. The highest BCUT2D eigenvalue weighted by Gasteiger charge is 2.36. The summed E-state index contributed by atoms with van der Waals surface area (Å²) in [5, 5.41) is 1.15. The first-order valence-corrected chi connectivity index (χ1v) is 5.84. The third-order valence-electron chi connectivity index (χ3n) is 3.25. The van der Waals surface area contributed by atoms with Gasteiger partial charge in [0.15, 0.2) is 0 Å². The zero-order valence-corrected chi connectivity index (χ0v) is 8.52. The highest BCUT2D eigenvalue weighted by molar-refractivity contribution is 9.09. The molecular weight excluding hydrogens is 202 g/mol. The molecule has 1 saturated heterocycles. The van der Waals surface area contributed by atoms with Crippen molar-refractivity contribution in [2.45, 2.75) is 31.7 Å². The lowest BCUT2D eigenvalue weighted by Gasteiger charge is -2.22. The van der Waals surface area contributed by atoms with Crippen molar-refractivity contribution in [2.24, 2.45) is 5.92 Å². The number of hydrogen-bond acceptors (Lipinski definition) is 1. The van der Waals surface area contributed by atoms with E-state index in [2.05, 4.69) is 20.8 Å². The summed E-state index contributed by atoms with van der Waals surface area (Å²) in [7, 11) is 0. The quantitative estimate of drug-likeness (QED) is 0.642. The van der Waals surface area contributed by atoms with E-state index in [4.69, 9.17) is 0 Å². The minimum absolute atomic E-state index is 0.965. The van der Waals surface area contributed by atoms with Crippen molar-refractivity contribution in [3.8, 4) is 0 Å². The minimum Gasteiger partial charge on any atom is -0.299 e. The maximum absolute atomic E-state index is 3.51. The molecule has 1 aliphatic heterocycles. The topological polar surface area (TPSA) is 3.24 Å². The fourth-order valence-corrected chi connectivity index (χ4v) is 3.17. The Kier molecular flexibility index (Phi) is 2.52. The fourth-order valence-electron chi connectivity index (χ4n) is 2.72. The van der Waals surface area contributed by atoms with Crippen molar-refractivity contribution in [2.75, 3.05) is 18.4 Å². The summed E-state index contributed by atoms with van der Waals surface area (Å²) in [5.74, 6) is 1.06. The zero-order chi connectivity index (χ0) is 7.68. The summed E-state index contributed by atoms with van der Waals surface area (Å²) in [6.45, 7) is 2.63. The van der Waals surface area contributed by atoms with Crippen LogP contribution < -0.4 is 0 Å². The fraction of sp³-hybridized carbons (Fsp3) is 1.00. The van der Waals surface area contributed by atoms with Crippen molar-refractivity contribution < 1.29 is 0 Å². The lowest BCUT2D eigenvalue weighted by molar-refractivity contribution is 0.256. The van der Waals surface area contributed by atoms with Gasteiger partial charge in [-0.15, -0.1) is 0 Å². The van der Waals surface area contributed by atoms with Gasteiger partial charge in [-0.1, -0.05) is 22.4 Å². The molecule has 2 atom stereocenters. The van der Waals surface area contributed by atoms with Crippen LogP contribution in [0.4, 0.5) is 0 Å². The van der Waals surface area contributed by atoms with E-state index in [1.807, 2.05) is 0 Å². The van der Waals surface area contributed by atoms with E-state index in [-0.39, 0.29) is 0 Å². The zero-order valence-electron chi connectivity index (χ0n) is 6.93. The Hall–Kier alpha value is 0.440. The van der Waals surface area contributed by atoms with Gasteiger partial charge in [-0.05, 0) is 31.7 Å². The molecule has 0 aromatic carbocycles. The molecular formula is C9H16BrN. The number of likely N-dealkylation sites (tertiary alicyclic amines) is 1. The van der Waals surface area contributed by atoms with Crippen LogP contribution in [0.2, 0.25) is 0 Å². The molecule has 2 unspecified atom stereocenters. The Morgan fingerprint density at radius 3 is 3.00 bits per heavy atom. The summed E-state index contributed by atoms with van der Waals surface area (Å²) in [4.78, 5) is 2.67. The van der Waals surface area contributed by atoms with Crippen LogP contribution in [0, 0.1) is 5.92 Å². The monoisotopic (exact) mass is 217 g/mol. The van der Waals surface area contributed by atoms with E-state index in [0.717, 1.165) is 17.3 Å². The van der Waals surface area contributed by atoms with Gasteiger partial charge in [0, 0.05) is 17.9 Å². The molecule has 1 nitrogen and oxygen atoms in total. The number of hydrogen-bond donors (Lipinski definition) is 0. The Morgan fingerprint density at radius 2 is 2.18 bits per heavy atom. The van der Waals surface area contributed by atoms with E-state index in [0.29, 0.717) is 0 Å². The lowest BCUT2D eigenvalue weighted by Crippen LogP contribution is -2.31.